The number of aliphatic hydroxyl groups excluding tert-OH is 4. The van der Waals surface area contributed by atoms with E-state index in [0.717, 1.165) is 18.7 Å². The summed E-state index contributed by atoms with van der Waals surface area (Å²) in [6, 6.07) is -13.3. The van der Waals surface area contributed by atoms with Crippen LogP contribution in [0.15, 0.2) is 67.3 Å². The number of carboxylic acid groups (broad SMARTS) is 2. The molecule has 692 valence electrons. The number of nitrogens with zero attached hydrogens (tertiary/aromatic N) is 2. The standard InChI is InChI=1S/C77H112N22O26S/c1-36(2)61(74(121)95-54(32-101)72(119)92-50(25-40-28-83-45-11-6-5-10-43(40)45)69(116)91-49(24-39-14-16-42(104)17-15-39)68(115)89-48(19-21-58(81)106)67(114)88-47(18-20-57(80)105)65(112)86-37(3)77(124)125)97-75(122)62(38(4)103)98-71(118)52(27-60(108)109)93-70(117)51(26-41-29-82-35-85-41)87-59(107)30-84-64(111)53(31-100)94-66(113)46(12-7-8-22-78)90-73(120)56-13-9-23-99(56)76(123)55(33-102)96-63(110)44(79)34-126/h5-6,10-11,14-17,28-29,35-38,44,46-56,61-62,83,100-104,126H,7-9,12-13,18-27,30-34,78-79H2,1-4H3,(H2,80,105)(H2,81,106)(H,82,85)(H,84,111)(H,86,112)(H,87,107)(H,88,114)(H,89,115)(H,90,120)(H,91,116)(H,92,119)(H,93,117)(H,94,113)(H,95,121)(H,96,110)(H,97,122)(H,98,118)(H,108,109)(H,124,125)/t37-,38+,44-,46-,47-,48-,49-,50-,51-,52-,53-,54-,55-,56-,61-,62-/m0/s1. The molecule has 16 atom stereocenters. The van der Waals surface area contributed by atoms with E-state index in [1.807, 2.05) is 0 Å². The number of aliphatic hydroxyl groups is 4. The SMILES string of the molecule is CC(C)[C@H](NC(=O)[C@@H](NC(=O)[C@H](CC(=O)O)NC(=O)[C@H](Cc1c[nH]cn1)NC(=O)CNC(=O)[C@H](CO)NC(=O)[C@H](CCCCN)NC(=O)[C@@H]1CCCN1C(=O)[C@H](CO)NC(=O)[C@@H](N)CS)[C@@H](C)O)C(=O)N[C@@H](CO)C(=O)N[C@@H](Cc1c[nH]c2ccccc12)C(=O)N[C@@H](Cc1ccc(O)cc1)C(=O)N[C@@H](CCC(N)=O)C(=O)N[C@@H](CCC(N)=O)C(=O)N[C@@H](C)C(=O)O. The average molecular weight is 1790 g/mol. The van der Waals surface area contributed by atoms with Gasteiger partial charge < -0.3 is 148 Å². The van der Waals surface area contributed by atoms with E-state index in [1.165, 1.54) is 56.8 Å². The van der Waals surface area contributed by atoms with E-state index in [4.69, 9.17) is 22.9 Å². The van der Waals surface area contributed by atoms with Crippen LogP contribution in [0, 0.1) is 5.92 Å². The number of phenolic OH excluding ortho intramolecular Hbond substituents is 1. The van der Waals surface area contributed by atoms with Crippen LogP contribution >= 0.6 is 12.6 Å². The number of aromatic nitrogens is 3. The van der Waals surface area contributed by atoms with Crippen LogP contribution < -0.4 is 97.4 Å². The summed E-state index contributed by atoms with van der Waals surface area (Å²) in [4.78, 5) is 268. The summed E-state index contributed by atoms with van der Waals surface area (Å²) in [5.41, 5.74) is 23.4. The van der Waals surface area contributed by atoms with Crippen LogP contribution in [0.4, 0.5) is 0 Å². The van der Waals surface area contributed by atoms with Crippen molar-refractivity contribution in [2.75, 3.05) is 45.2 Å². The number of para-hydroxylation sites is 1. The maximum atomic E-state index is 15.0. The van der Waals surface area contributed by atoms with Gasteiger partial charge in [0.25, 0.3) is 0 Å². The number of phenols is 1. The average Bonchev–Trinajstić information content (AvgIpc) is 1.65. The predicted octanol–water partition coefficient (Wildman–Crippen LogP) is -10.5. The number of nitrogens with two attached hydrogens (primary N) is 4. The highest BCUT2D eigenvalue weighted by atomic mass is 32.1. The Labute approximate surface area is 725 Å². The molecule has 126 heavy (non-hydrogen) atoms. The van der Waals surface area contributed by atoms with Crippen molar-refractivity contribution in [2.45, 2.75) is 208 Å². The number of hydrogen-bond acceptors (Lipinski definition) is 28. The normalized spacial score (nSPS) is 16.0. The molecule has 2 aromatic carbocycles. The van der Waals surface area contributed by atoms with Gasteiger partial charge in [-0.05, 0) is 101 Å². The quantitative estimate of drug-likeness (QED) is 0.0144. The van der Waals surface area contributed by atoms with E-state index in [1.54, 1.807) is 24.3 Å². The van der Waals surface area contributed by atoms with Gasteiger partial charge in [-0.1, -0.05) is 44.2 Å². The Bertz CT molecular complexity index is 4480. The van der Waals surface area contributed by atoms with Crippen molar-refractivity contribution in [1.82, 2.24) is 94.3 Å². The van der Waals surface area contributed by atoms with Gasteiger partial charge in [0, 0.05) is 67.7 Å². The van der Waals surface area contributed by atoms with Gasteiger partial charge in [-0.25, -0.2) is 4.98 Å². The molecule has 0 aliphatic carbocycles. The van der Waals surface area contributed by atoms with Gasteiger partial charge >= 0.3 is 11.9 Å². The first-order valence-electron chi connectivity index (χ1n) is 40.0. The van der Waals surface area contributed by atoms with E-state index in [9.17, 15) is 127 Å². The Kier molecular flexibility index (Phi) is 42.2. The number of thiol groups is 1. The maximum absolute atomic E-state index is 15.0. The largest absolute Gasteiger partial charge is 0.508 e. The van der Waals surface area contributed by atoms with E-state index in [-0.39, 0.29) is 55.1 Å². The number of nitrogens with one attached hydrogen (secondary N) is 16. The lowest BCUT2D eigenvalue weighted by Gasteiger charge is -2.30. The smallest absolute Gasteiger partial charge is 0.325 e. The molecule has 0 saturated carbocycles. The van der Waals surface area contributed by atoms with Gasteiger partial charge in [0.15, 0.2) is 0 Å². The minimum absolute atomic E-state index is 0.0259. The second-order valence-corrected chi connectivity index (χ2v) is 30.4. The third-order valence-electron chi connectivity index (χ3n) is 19.8. The molecule has 49 heteroatoms. The van der Waals surface area contributed by atoms with E-state index in [0.29, 0.717) is 29.3 Å². The summed E-state index contributed by atoms with van der Waals surface area (Å²) in [5.74, 6) is -23.2. The third-order valence-corrected chi connectivity index (χ3v) is 20.2. The molecule has 1 saturated heterocycles. The fourth-order valence-corrected chi connectivity index (χ4v) is 13.0. The van der Waals surface area contributed by atoms with Crippen LogP contribution in [-0.4, -0.2) is 310 Å². The van der Waals surface area contributed by atoms with Crippen LogP contribution in [0.2, 0.25) is 0 Å². The minimum atomic E-state index is -2.15. The monoisotopic (exact) mass is 1790 g/mol. The Morgan fingerprint density at radius 1 is 0.540 bits per heavy atom. The number of aromatic hydroxyl groups is 1. The highest BCUT2D eigenvalue weighted by Gasteiger charge is 2.42. The molecule has 0 unspecified atom stereocenters. The van der Waals surface area contributed by atoms with Crippen molar-refractivity contribution in [2.24, 2.45) is 28.9 Å². The van der Waals surface area contributed by atoms with Crippen LogP contribution in [0.1, 0.15) is 109 Å². The number of likely N-dealkylation sites (tertiary alicyclic amines) is 1. The molecule has 4 aromatic rings. The molecular formula is C77H112N22O26S. The van der Waals surface area contributed by atoms with Gasteiger partial charge in [0.1, 0.15) is 90.3 Å². The number of aromatic amines is 2. The van der Waals surface area contributed by atoms with Gasteiger partial charge in [-0.2, -0.15) is 12.6 Å². The van der Waals surface area contributed by atoms with Crippen molar-refractivity contribution < 1.29 is 127 Å². The third kappa shape index (κ3) is 32.9. The summed E-state index contributed by atoms with van der Waals surface area (Å²) >= 11 is 3.97. The fourth-order valence-electron chi connectivity index (χ4n) is 12.8. The van der Waals surface area contributed by atoms with Gasteiger partial charge in [-0.15, -0.1) is 0 Å². The first-order chi connectivity index (χ1) is 59.6. The number of rotatable bonds is 54. The van der Waals surface area contributed by atoms with E-state index >= 15 is 0 Å². The summed E-state index contributed by atoms with van der Waals surface area (Å²) in [7, 11) is 0. The molecule has 17 amide bonds. The molecule has 1 aliphatic heterocycles. The van der Waals surface area contributed by atoms with E-state index in [2.05, 4.69) is 102 Å². The summed E-state index contributed by atoms with van der Waals surface area (Å²) in [5, 5.41) is 105. The number of primary amides is 2. The van der Waals surface area contributed by atoms with E-state index < -0.39 is 293 Å². The second-order valence-electron chi connectivity index (χ2n) is 30.0. The molecule has 31 N–H and O–H groups in total. The molecule has 2 aromatic heterocycles. The molecule has 0 bridgehead atoms. The number of benzene rings is 2. The lowest BCUT2D eigenvalue weighted by atomic mass is 10.0. The van der Waals surface area contributed by atoms with Crippen LogP contribution in [-0.2, 0) is 110 Å². The maximum Gasteiger partial charge on any atom is 0.325 e. The molecule has 1 fully saturated rings. The number of aliphatic carboxylic acids is 2. The second kappa shape index (κ2) is 51.3. The van der Waals surface area contributed by atoms with Crippen LogP contribution in [0.5, 0.6) is 5.75 Å². The Balaban J connectivity index is 1.32. The zero-order chi connectivity index (χ0) is 93.8. The number of carbonyl (C=O) groups is 19. The summed E-state index contributed by atoms with van der Waals surface area (Å²) in [6.07, 6.45) is -1.65. The first kappa shape index (κ1) is 104. The zero-order valence-electron chi connectivity index (χ0n) is 69.3. The number of imidazole rings is 1. The fraction of sp³-hybridized carbons (Fsp3) is 0.532. The topological polar surface area (TPSA) is 786 Å². The number of amides is 17. The van der Waals surface area contributed by atoms with Crippen LogP contribution in [0.3, 0.4) is 0 Å². The van der Waals surface area contributed by atoms with Crippen molar-refractivity contribution in [3.8, 4) is 5.75 Å². The number of hydrogen-bond donors (Lipinski definition) is 28. The lowest BCUT2D eigenvalue weighted by molar-refractivity contribution is -0.143. The van der Waals surface area contributed by atoms with Gasteiger partial charge in [0.2, 0.25) is 100 Å². The van der Waals surface area contributed by atoms with Crippen molar-refractivity contribution in [3.05, 3.63) is 84.1 Å². The molecule has 1 aliphatic rings. The van der Waals surface area contributed by atoms with Gasteiger partial charge in [-0.3, -0.25) is 91.1 Å². The predicted molar refractivity (Wildman–Crippen MR) is 444 cm³/mol. The minimum Gasteiger partial charge on any atom is -0.508 e. The number of unbranched alkanes of at least 4 members (excludes halogenated alkanes) is 1. The number of carboxylic acids is 2. The number of fused-ring (bicyclic) bond motifs is 1. The molecule has 3 heterocycles. The number of carbonyl (C=O) groups excluding carboxylic acids is 17. The Morgan fingerprint density at radius 2 is 1.03 bits per heavy atom. The molecular weight excluding hydrogens is 1680 g/mol. The number of H-pyrrole nitrogens is 2. The zero-order valence-corrected chi connectivity index (χ0v) is 70.2. The van der Waals surface area contributed by atoms with Crippen molar-refractivity contribution in [3.63, 3.8) is 0 Å². The lowest BCUT2D eigenvalue weighted by Crippen LogP contribution is -2.63. The van der Waals surface area contributed by atoms with Crippen molar-refractivity contribution in [1.29, 1.82) is 0 Å². The highest BCUT2D eigenvalue weighted by Crippen LogP contribution is 2.23. The summed E-state index contributed by atoms with van der Waals surface area (Å²) < 4.78 is 0. The summed E-state index contributed by atoms with van der Waals surface area (Å²) in [6.45, 7) is 0.959. The Hall–Kier alpha value is -13.0. The Morgan fingerprint density at radius 3 is 1.57 bits per heavy atom. The highest BCUT2D eigenvalue weighted by molar-refractivity contribution is 7.80. The molecule has 0 radical (unpaired) electrons. The molecule has 0 spiro atoms. The van der Waals surface area contributed by atoms with Crippen molar-refractivity contribution >= 4 is 136 Å². The molecule has 48 nitrogen and oxygen atoms in total. The van der Waals surface area contributed by atoms with Crippen LogP contribution in [0.25, 0.3) is 10.9 Å². The molecule has 5 rings (SSSR count). The van der Waals surface area contributed by atoms with Gasteiger partial charge in [0.05, 0.1) is 57.0 Å². The first-order valence-corrected chi connectivity index (χ1v) is 40.7.